The summed E-state index contributed by atoms with van der Waals surface area (Å²) in [4.78, 5) is 29.1. The summed E-state index contributed by atoms with van der Waals surface area (Å²) in [5, 5.41) is 10.5. The molecule has 0 spiro atoms. The monoisotopic (exact) mass is 477 g/mol. The molecule has 4 saturated carbocycles. The van der Waals surface area contributed by atoms with Gasteiger partial charge in [0.25, 0.3) is 0 Å². The van der Waals surface area contributed by atoms with Crippen LogP contribution in [-0.2, 0) is 14.3 Å². The minimum atomic E-state index is -0.350. The van der Waals surface area contributed by atoms with E-state index in [2.05, 4.69) is 16.0 Å². The van der Waals surface area contributed by atoms with Crippen LogP contribution in [0.2, 0.25) is 0 Å². The Balaban J connectivity index is 1.14. The lowest BCUT2D eigenvalue weighted by molar-refractivity contribution is -0.139. The molecule has 1 amide bonds. The minimum absolute atomic E-state index is 0.147. The normalized spacial score (nSPS) is 26.6. The molecular formula is C28H37N4O3. The topological polar surface area (TPSA) is 92.4 Å². The molecule has 1 aromatic carbocycles. The molecule has 4 aliphatic carbocycles. The summed E-state index contributed by atoms with van der Waals surface area (Å²) in [7, 11) is 0. The molecule has 1 aromatic heterocycles. The number of pyridine rings is 1. The van der Waals surface area contributed by atoms with Crippen LogP contribution in [0.25, 0.3) is 10.9 Å². The number of aromatic nitrogens is 1. The van der Waals surface area contributed by atoms with Gasteiger partial charge in [0.05, 0.1) is 17.8 Å². The molecule has 1 heterocycles. The number of benzene rings is 1. The number of rotatable bonds is 11. The number of anilines is 2. The van der Waals surface area contributed by atoms with Crippen molar-refractivity contribution in [3.05, 3.63) is 36.9 Å². The Morgan fingerprint density at radius 3 is 2.51 bits per heavy atom. The van der Waals surface area contributed by atoms with Crippen LogP contribution in [0.1, 0.15) is 58.3 Å². The van der Waals surface area contributed by atoms with Gasteiger partial charge in [-0.05, 0) is 106 Å². The second-order valence-electron chi connectivity index (χ2n) is 10.8. The quantitative estimate of drug-likeness (QED) is 0.315. The molecule has 0 atom stereocenters. The fourth-order valence-corrected chi connectivity index (χ4v) is 7.15. The minimum Gasteiger partial charge on any atom is -0.465 e. The average molecular weight is 478 g/mol. The highest BCUT2D eigenvalue weighted by molar-refractivity contribution is 6.01. The number of carbonyl (C=O) groups is 2. The summed E-state index contributed by atoms with van der Waals surface area (Å²) in [6.45, 7) is 4.91. The summed E-state index contributed by atoms with van der Waals surface area (Å²) in [6.07, 6.45) is 9.41. The van der Waals surface area contributed by atoms with E-state index in [1.165, 1.54) is 45.1 Å². The van der Waals surface area contributed by atoms with E-state index < -0.39 is 0 Å². The van der Waals surface area contributed by atoms with Gasteiger partial charge in [-0.3, -0.25) is 9.59 Å². The van der Waals surface area contributed by atoms with Crippen LogP contribution in [0.3, 0.4) is 0 Å². The lowest BCUT2D eigenvalue weighted by Gasteiger charge is -2.56. The van der Waals surface area contributed by atoms with Crippen molar-refractivity contribution in [3.8, 4) is 0 Å². The summed E-state index contributed by atoms with van der Waals surface area (Å²) >= 11 is 0. The molecule has 1 radical (unpaired) electrons. The Morgan fingerprint density at radius 1 is 1.06 bits per heavy atom. The zero-order valence-electron chi connectivity index (χ0n) is 20.6. The molecule has 35 heavy (non-hydrogen) atoms. The number of esters is 1. The summed E-state index contributed by atoms with van der Waals surface area (Å²) in [5.41, 5.74) is 1.94. The van der Waals surface area contributed by atoms with Crippen LogP contribution < -0.4 is 16.0 Å². The van der Waals surface area contributed by atoms with Gasteiger partial charge in [-0.15, -0.1) is 0 Å². The number of ether oxygens (including phenoxy) is 1. The molecular weight excluding hydrogens is 440 g/mol. The van der Waals surface area contributed by atoms with Gasteiger partial charge in [-0.25, -0.2) is 4.98 Å². The van der Waals surface area contributed by atoms with Gasteiger partial charge in [0, 0.05) is 18.4 Å². The highest BCUT2D eigenvalue weighted by Gasteiger charge is 2.51. The van der Waals surface area contributed by atoms with Gasteiger partial charge >= 0.3 is 5.97 Å². The molecule has 3 N–H and O–H groups in total. The maximum atomic E-state index is 13.1. The van der Waals surface area contributed by atoms with Crippen LogP contribution in [-0.4, -0.2) is 36.6 Å². The van der Waals surface area contributed by atoms with Gasteiger partial charge in [-0.2, -0.15) is 0 Å². The first kappa shape index (κ1) is 24.0. The first-order chi connectivity index (χ1) is 17.0. The maximum Gasteiger partial charge on any atom is 0.325 e. The van der Waals surface area contributed by atoms with E-state index in [4.69, 9.17) is 9.72 Å². The van der Waals surface area contributed by atoms with E-state index in [1.807, 2.05) is 30.3 Å². The van der Waals surface area contributed by atoms with Crippen LogP contribution in [0.5, 0.6) is 0 Å². The highest BCUT2D eigenvalue weighted by atomic mass is 16.5. The third-order valence-electron chi connectivity index (χ3n) is 8.02. The van der Waals surface area contributed by atoms with Crippen molar-refractivity contribution in [1.82, 2.24) is 10.3 Å². The molecule has 7 heteroatoms. The third-order valence-corrected chi connectivity index (χ3v) is 8.02. The molecule has 0 aliphatic heterocycles. The standard InChI is InChI=1S/C28H37N4O3/c1-2-35-27(34)18-29-9-4-10-30-25-8-7-22-23(31-25)5-3-6-24(22)32-26(33)17-28-14-19-11-20(15-28)13-21(12-19)16-28/h3,5-8,18-21,29H,2,4,9-17H2,1H3,(H,30,31)(H,32,33). The lowest BCUT2D eigenvalue weighted by atomic mass is 9.49. The van der Waals surface area contributed by atoms with Crippen molar-refractivity contribution in [2.45, 2.75) is 58.3 Å². The van der Waals surface area contributed by atoms with Gasteiger partial charge in [0.2, 0.25) is 5.91 Å². The van der Waals surface area contributed by atoms with Crippen LogP contribution in [0, 0.1) is 29.7 Å². The molecule has 4 bridgehead atoms. The number of nitrogens with zero attached hydrogens (tertiary/aromatic N) is 1. The van der Waals surface area contributed by atoms with Gasteiger partial charge in [-0.1, -0.05) is 6.07 Å². The molecule has 0 unspecified atom stereocenters. The smallest absolute Gasteiger partial charge is 0.325 e. The number of carbonyl (C=O) groups excluding carboxylic acids is 2. The molecule has 6 rings (SSSR count). The van der Waals surface area contributed by atoms with Gasteiger partial charge < -0.3 is 20.7 Å². The zero-order chi connectivity index (χ0) is 24.3. The molecule has 0 saturated heterocycles. The van der Waals surface area contributed by atoms with E-state index in [0.717, 1.165) is 53.1 Å². The number of fused-ring (bicyclic) bond motifs is 1. The Labute approximate surface area is 207 Å². The van der Waals surface area contributed by atoms with Gasteiger partial charge in [0.1, 0.15) is 12.4 Å². The van der Waals surface area contributed by atoms with E-state index in [-0.39, 0.29) is 17.3 Å². The first-order valence-corrected chi connectivity index (χ1v) is 13.2. The number of hydrogen-bond donors (Lipinski definition) is 3. The highest BCUT2D eigenvalue weighted by Crippen LogP contribution is 2.61. The predicted octanol–water partition coefficient (Wildman–Crippen LogP) is 4.90. The third kappa shape index (κ3) is 5.77. The Kier molecular flexibility index (Phi) is 7.23. The summed E-state index contributed by atoms with van der Waals surface area (Å²) in [5.74, 6) is 3.16. The Bertz CT molecular complexity index is 1030. The van der Waals surface area contributed by atoms with E-state index in [9.17, 15) is 9.59 Å². The van der Waals surface area contributed by atoms with Crippen LogP contribution >= 0.6 is 0 Å². The van der Waals surface area contributed by atoms with Crippen molar-refractivity contribution < 1.29 is 14.3 Å². The van der Waals surface area contributed by atoms with Gasteiger partial charge in [0.15, 0.2) is 0 Å². The predicted molar refractivity (Wildman–Crippen MR) is 138 cm³/mol. The number of nitrogens with one attached hydrogen (secondary N) is 3. The van der Waals surface area contributed by atoms with Crippen molar-refractivity contribution in [2.24, 2.45) is 23.2 Å². The molecule has 4 fully saturated rings. The maximum absolute atomic E-state index is 13.1. The molecule has 2 aromatic rings. The van der Waals surface area contributed by atoms with Crippen molar-refractivity contribution >= 4 is 34.3 Å². The number of amides is 1. The SMILES string of the molecule is CCOC(=O)[CH]NCCCNc1ccc2c(NC(=O)CC34CC5CC(CC(C5)C3)C4)cccc2n1. The summed E-state index contributed by atoms with van der Waals surface area (Å²) < 4.78 is 4.84. The van der Waals surface area contributed by atoms with Crippen LogP contribution in [0.4, 0.5) is 11.5 Å². The molecule has 7 nitrogen and oxygen atoms in total. The first-order valence-electron chi connectivity index (χ1n) is 13.2. The second-order valence-corrected chi connectivity index (χ2v) is 10.8. The van der Waals surface area contributed by atoms with Crippen LogP contribution in [0.15, 0.2) is 30.3 Å². The fraction of sp³-hybridized carbons (Fsp3) is 0.571. The van der Waals surface area contributed by atoms with Crippen molar-refractivity contribution in [1.29, 1.82) is 0 Å². The van der Waals surface area contributed by atoms with E-state index in [0.29, 0.717) is 19.6 Å². The molecule has 4 aliphatic rings. The second kappa shape index (κ2) is 10.5. The zero-order valence-corrected chi connectivity index (χ0v) is 20.6. The van der Waals surface area contributed by atoms with Crippen molar-refractivity contribution in [2.75, 3.05) is 30.3 Å². The molecule has 187 valence electrons. The lowest BCUT2D eigenvalue weighted by Crippen LogP contribution is -2.47. The van der Waals surface area contributed by atoms with E-state index in [1.54, 1.807) is 6.92 Å². The Hall–Kier alpha value is -2.67. The summed E-state index contributed by atoms with van der Waals surface area (Å²) in [6, 6.07) is 9.88. The fourth-order valence-electron chi connectivity index (χ4n) is 7.15. The Morgan fingerprint density at radius 2 is 1.80 bits per heavy atom. The van der Waals surface area contributed by atoms with E-state index >= 15 is 0 Å². The van der Waals surface area contributed by atoms with Crippen molar-refractivity contribution in [3.63, 3.8) is 0 Å². The number of hydrogen-bond acceptors (Lipinski definition) is 6. The largest absolute Gasteiger partial charge is 0.465 e. The average Bonchev–Trinajstić information content (AvgIpc) is 2.80.